The molecular weight excluding hydrogens is 254 g/mol. The molecule has 2 N–H and O–H groups in total. The number of hydrogen-bond donors (Lipinski definition) is 1. The van der Waals surface area contributed by atoms with E-state index in [2.05, 4.69) is 16.8 Å². The van der Waals surface area contributed by atoms with E-state index in [9.17, 15) is 4.79 Å². The highest BCUT2D eigenvalue weighted by Crippen LogP contribution is 2.25. The van der Waals surface area contributed by atoms with Crippen LogP contribution < -0.4 is 10.6 Å². The van der Waals surface area contributed by atoms with Gasteiger partial charge in [0, 0.05) is 12.6 Å². The number of anilines is 2. The second-order valence-electron chi connectivity index (χ2n) is 5.24. The number of pyridine rings is 1. The fourth-order valence-electron chi connectivity index (χ4n) is 2.61. The molecule has 2 heterocycles. The number of nitrogens with two attached hydrogens (primary N) is 1. The minimum Gasteiger partial charge on any atom is -0.462 e. The number of aromatic nitrogens is 1. The first-order chi connectivity index (χ1) is 9.63. The van der Waals surface area contributed by atoms with E-state index in [1.807, 2.05) is 0 Å². The Hall–Kier alpha value is -1.78. The van der Waals surface area contributed by atoms with E-state index in [1.165, 1.54) is 12.8 Å². The lowest BCUT2D eigenvalue weighted by Crippen LogP contribution is -2.33. The molecule has 0 radical (unpaired) electrons. The average molecular weight is 277 g/mol. The van der Waals surface area contributed by atoms with Crippen molar-refractivity contribution in [3.05, 3.63) is 17.8 Å². The maximum absolute atomic E-state index is 11.9. The van der Waals surface area contributed by atoms with E-state index in [0.717, 1.165) is 25.2 Å². The molecule has 0 aliphatic carbocycles. The molecule has 20 heavy (non-hydrogen) atoms. The first-order valence-corrected chi connectivity index (χ1v) is 7.32. The first-order valence-electron chi connectivity index (χ1n) is 7.32. The van der Waals surface area contributed by atoms with Gasteiger partial charge in [-0.1, -0.05) is 12.8 Å². The Balaban J connectivity index is 2.27. The Bertz CT molecular complexity index is 476. The largest absolute Gasteiger partial charge is 0.462 e. The van der Waals surface area contributed by atoms with Crippen LogP contribution in [-0.4, -0.2) is 30.1 Å². The zero-order valence-electron chi connectivity index (χ0n) is 12.3. The monoisotopic (exact) mass is 277 g/mol. The van der Waals surface area contributed by atoms with Gasteiger partial charge in [0.05, 0.1) is 24.1 Å². The van der Waals surface area contributed by atoms with Gasteiger partial charge in [-0.15, -0.1) is 0 Å². The molecule has 5 heteroatoms. The van der Waals surface area contributed by atoms with Gasteiger partial charge < -0.3 is 15.4 Å². The lowest BCUT2D eigenvalue weighted by molar-refractivity contribution is 0.0527. The summed E-state index contributed by atoms with van der Waals surface area (Å²) in [6.07, 6.45) is 6.36. The second-order valence-corrected chi connectivity index (χ2v) is 5.24. The van der Waals surface area contributed by atoms with Crippen LogP contribution in [0.3, 0.4) is 0 Å². The van der Waals surface area contributed by atoms with Crippen molar-refractivity contribution in [3.63, 3.8) is 0 Å². The Morgan fingerprint density at radius 1 is 1.50 bits per heavy atom. The van der Waals surface area contributed by atoms with Crippen molar-refractivity contribution in [2.24, 2.45) is 0 Å². The molecule has 1 aliphatic rings. The minimum absolute atomic E-state index is 0.343. The molecule has 1 aromatic heterocycles. The molecule has 1 aliphatic heterocycles. The maximum atomic E-state index is 11.9. The zero-order valence-corrected chi connectivity index (χ0v) is 12.3. The van der Waals surface area contributed by atoms with E-state index >= 15 is 0 Å². The van der Waals surface area contributed by atoms with Crippen LogP contribution >= 0.6 is 0 Å². The van der Waals surface area contributed by atoms with Crippen LogP contribution in [0.2, 0.25) is 0 Å². The third-order valence-electron chi connectivity index (χ3n) is 3.76. The fourth-order valence-corrected chi connectivity index (χ4v) is 2.61. The molecule has 2 rings (SSSR count). The summed E-state index contributed by atoms with van der Waals surface area (Å²) < 4.78 is 5.04. The smallest absolute Gasteiger partial charge is 0.340 e. The summed E-state index contributed by atoms with van der Waals surface area (Å²) in [5.74, 6) is 0.438. The number of ether oxygens (including phenoxy) is 1. The first kappa shape index (κ1) is 14.6. The molecule has 1 unspecified atom stereocenters. The van der Waals surface area contributed by atoms with Crippen LogP contribution in [0.15, 0.2) is 12.3 Å². The summed E-state index contributed by atoms with van der Waals surface area (Å²) in [6.45, 7) is 5.30. The second kappa shape index (κ2) is 6.59. The van der Waals surface area contributed by atoms with Gasteiger partial charge >= 0.3 is 5.97 Å². The number of esters is 1. The Labute approximate surface area is 120 Å². The van der Waals surface area contributed by atoms with Crippen LogP contribution in [0, 0.1) is 0 Å². The Morgan fingerprint density at radius 2 is 2.30 bits per heavy atom. The van der Waals surface area contributed by atoms with E-state index in [-0.39, 0.29) is 5.97 Å². The molecule has 0 bridgehead atoms. The summed E-state index contributed by atoms with van der Waals surface area (Å²) in [6, 6.07) is 2.19. The van der Waals surface area contributed by atoms with Crippen LogP contribution in [0.1, 0.15) is 49.9 Å². The van der Waals surface area contributed by atoms with Crippen molar-refractivity contribution < 1.29 is 9.53 Å². The van der Waals surface area contributed by atoms with Crippen LogP contribution in [0.25, 0.3) is 0 Å². The van der Waals surface area contributed by atoms with Gasteiger partial charge in [0.25, 0.3) is 0 Å². The average Bonchev–Trinajstić information content (AvgIpc) is 2.64. The van der Waals surface area contributed by atoms with E-state index in [1.54, 1.807) is 19.2 Å². The van der Waals surface area contributed by atoms with Gasteiger partial charge in [-0.05, 0) is 32.8 Å². The van der Waals surface area contributed by atoms with E-state index < -0.39 is 0 Å². The van der Waals surface area contributed by atoms with Crippen molar-refractivity contribution in [2.75, 3.05) is 23.8 Å². The van der Waals surface area contributed by atoms with Crippen molar-refractivity contribution in [3.8, 4) is 0 Å². The highest BCUT2D eigenvalue weighted by molar-refractivity contribution is 5.95. The number of carbonyl (C=O) groups excluding carboxylic acids is 1. The summed E-state index contributed by atoms with van der Waals surface area (Å²) >= 11 is 0. The van der Waals surface area contributed by atoms with Gasteiger partial charge in [-0.3, -0.25) is 0 Å². The molecular formula is C15H23N3O2. The fraction of sp³-hybridized carbons (Fsp3) is 0.600. The molecule has 0 amide bonds. The summed E-state index contributed by atoms with van der Waals surface area (Å²) in [5.41, 5.74) is 6.61. The molecule has 0 saturated carbocycles. The lowest BCUT2D eigenvalue weighted by Gasteiger charge is -2.28. The number of nitrogens with zero attached hydrogens (tertiary/aromatic N) is 2. The quantitative estimate of drug-likeness (QED) is 0.860. The molecule has 5 nitrogen and oxygen atoms in total. The highest BCUT2D eigenvalue weighted by atomic mass is 16.5. The predicted octanol–water partition coefficient (Wildman–Crippen LogP) is 2.61. The van der Waals surface area contributed by atoms with Crippen molar-refractivity contribution in [2.45, 2.75) is 45.6 Å². The third kappa shape index (κ3) is 3.21. The van der Waals surface area contributed by atoms with Gasteiger partial charge in [0.15, 0.2) is 0 Å². The summed E-state index contributed by atoms with van der Waals surface area (Å²) in [4.78, 5) is 18.6. The number of nitrogen functional groups attached to an aromatic ring is 1. The Morgan fingerprint density at radius 3 is 3.05 bits per heavy atom. The number of hydrogen-bond acceptors (Lipinski definition) is 5. The lowest BCUT2D eigenvalue weighted by atomic mass is 10.1. The van der Waals surface area contributed by atoms with Crippen molar-refractivity contribution in [1.82, 2.24) is 4.98 Å². The van der Waals surface area contributed by atoms with Gasteiger partial charge in [0.1, 0.15) is 5.82 Å². The minimum atomic E-state index is -0.379. The van der Waals surface area contributed by atoms with Gasteiger partial charge in [0.2, 0.25) is 0 Å². The van der Waals surface area contributed by atoms with Crippen molar-refractivity contribution >= 4 is 17.5 Å². The predicted molar refractivity (Wildman–Crippen MR) is 79.9 cm³/mol. The number of rotatable bonds is 3. The van der Waals surface area contributed by atoms with Crippen LogP contribution in [-0.2, 0) is 4.74 Å². The van der Waals surface area contributed by atoms with Gasteiger partial charge in [-0.25, -0.2) is 9.78 Å². The van der Waals surface area contributed by atoms with Crippen LogP contribution in [0.4, 0.5) is 11.5 Å². The molecule has 0 spiro atoms. The molecule has 0 aromatic carbocycles. The SMILES string of the molecule is CCOC(=O)c1cc(N2CCCCCC2C)ncc1N. The van der Waals surface area contributed by atoms with Gasteiger partial charge in [-0.2, -0.15) is 0 Å². The van der Waals surface area contributed by atoms with E-state index in [4.69, 9.17) is 10.5 Å². The van der Waals surface area contributed by atoms with Crippen molar-refractivity contribution in [1.29, 1.82) is 0 Å². The highest BCUT2D eigenvalue weighted by Gasteiger charge is 2.21. The standard InChI is InChI=1S/C15H23N3O2/c1-3-20-15(19)12-9-14(17-10-13(12)16)18-8-6-4-5-7-11(18)2/h9-11H,3-8,16H2,1-2H3. The Kier molecular flexibility index (Phi) is 4.82. The summed E-state index contributed by atoms with van der Waals surface area (Å²) in [5, 5.41) is 0. The molecule has 1 atom stereocenters. The third-order valence-corrected chi connectivity index (χ3v) is 3.76. The molecule has 1 saturated heterocycles. The molecule has 1 fully saturated rings. The summed E-state index contributed by atoms with van der Waals surface area (Å²) in [7, 11) is 0. The normalized spacial score (nSPS) is 19.5. The molecule has 1 aromatic rings. The van der Waals surface area contributed by atoms with E-state index in [0.29, 0.717) is 23.9 Å². The number of carbonyl (C=O) groups is 1. The van der Waals surface area contributed by atoms with Crippen LogP contribution in [0.5, 0.6) is 0 Å². The molecule has 110 valence electrons. The maximum Gasteiger partial charge on any atom is 0.340 e. The topological polar surface area (TPSA) is 68.5 Å². The zero-order chi connectivity index (χ0) is 14.5.